The molecule has 2 fully saturated rings. The Morgan fingerprint density at radius 3 is 2.39 bits per heavy atom. The van der Waals surface area contributed by atoms with Crippen molar-refractivity contribution in [2.45, 2.75) is 19.0 Å². The molecule has 3 amide bonds. The second kappa shape index (κ2) is 8.02. The Labute approximate surface area is 165 Å². The van der Waals surface area contributed by atoms with Gasteiger partial charge in [0, 0.05) is 45.5 Å². The van der Waals surface area contributed by atoms with Gasteiger partial charge >= 0.3 is 12.2 Å². The van der Waals surface area contributed by atoms with E-state index in [9.17, 15) is 22.8 Å². The standard InChI is InChI=1S/C17H21ClF3N5O2/c18-13-8-12(17(19,20)21)9-23-14(13)24-4-6-25(7-5-24)15(27)11-2-1-3-26(10-11)16(22)28/h8-9,11H,1-7,10H2,(H2,22,28)/t11-/m0/s1. The summed E-state index contributed by atoms with van der Waals surface area (Å²) in [5.74, 6) is -0.0306. The van der Waals surface area contributed by atoms with E-state index >= 15 is 0 Å². The molecule has 3 rings (SSSR count). The number of hydrogen-bond donors (Lipinski definition) is 1. The van der Waals surface area contributed by atoms with E-state index in [1.807, 2.05) is 0 Å². The van der Waals surface area contributed by atoms with E-state index in [1.54, 1.807) is 9.80 Å². The number of piperazine rings is 1. The SMILES string of the molecule is NC(=O)N1CCC[C@H](C(=O)N2CCN(c3ncc(C(F)(F)F)cc3Cl)CC2)C1. The number of pyridine rings is 1. The number of urea groups is 1. The fourth-order valence-corrected chi connectivity index (χ4v) is 3.88. The highest BCUT2D eigenvalue weighted by molar-refractivity contribution is 6.33. The molecule has 1 aromatic heterocycles. The van der Waals surface area contributed by atoms with Crippen molar-refractivity contribution < 1.29 is 22.8 Å². The molecule has 3 heterocycles. The lowest BCUT2D eigenvalue weighted by atomic mass is 9.96. The van der Waals surface area contributed by atoms with Crippen molar-refractivity contribution in [2.24, 2.45) is 11.7 Å². The topological polar surface area (TPSA) is 82.8 Å². The third-order valence-corrected chi connectivity index (χ3v) is 5.40. The Hall–Kier alpha value is -2.23. The minimum absolute atomic E-state index is 0.0305. The Morgan fingerprint density at radius 1 is 1.14 bits per heavy atom. The molecule has 0 unspecified atom stereocenters. The maximum atomic E-state index is 12.7. The van der Waals surface area contributed by atoms with E-state index in [4.69, 9.17) is 17.3 Å². The number of primary amides is 1. The van der Waals surface area contributed by atoms with E-state index in [2.05, 4.69) is 4.98 Å². The van der Waals surface area contributed by atoms with Gasteiger partial charge in [-0.25, -0.2) is 9.78 Å². The first kappa shape index (κ1) is 20.5. The lowest BCUT2D eigenvalue weighted by Gasteiger charge is -2.39. The van der Waals surface area contributed by atoms with E-state index < -0.39 is 17.8 Å². The van der Waals surface area contributed by atoms with Gasteiger partial charge in [0.25, 0.3) is 0 Å². The molecular weight excluding hydrogens is 399 g/mol. The van der Waals surface area contributed by atoms with Gasteiger partial charge in [0.05, 0.1) is 16.5 Å². The lowest BCUT2D eigenvalue weighted by molar-refractivity contribution is -0.138. The fourth-order valence-electron chi connectivity index (χ4n) is 3.59. The monoisotopic (exact) mass is 419 g/mol. The zero-order valence-electron chi connectivity index (χ0n) is 15.1. The number of carbonyl (C=O) groups is 2. The molecule has 1 aromatic rings. The Bertz CT molecular complexity index is 753. The summed E-state index contributed by atoms with van der Waals surface area (Å²) in [5.41, 5.74) is 4.41. The predicted molar refractivity (Wildman–Crippen MR) is 96.9 cm³/mol. The maximum Gasteiger partial charge on any atom is 0.417 e. The van der Waals surface area contributed by atoms with Crippen LogP contribution in [-0.2, 0) is 11.0 Å². The van der Waals surface area contributed by atoms with Crippen molar-refractivity contribution in [3.05, 3.63) is 22.8 Å². The van der Waals surface area contributed by atoms with Gasteiger partial charge in [-0.2, -0.15) is 13.2 Å². The van der Waals surface area contributed by atoms with Gasteiger partial charge in [-0.05, 0) is 18.9 Å². The molecule has 2 aliphatic heterocycles. The number of anilines is 1. The molecule has 0 spiro atoms. The third-order valence-electron chi connectivity index (χ3n) is 5.12. The molecule has 2 saturated heterocycles. The van der Waals surface area contributed by atoms with E-state index in [1.165, 1.54) is 4.90 Å². The molecule has 0 radical (unpaired) electrons. The summed E-state index contributed by atoms with van der Waals surface area (Å²) in [6.45, 7) is 2.52. The van der Waals surface area contributed by atoms with Crippen LogP contribution < -0.4 is 10.6 Å². The quantitative estimate of drug-likeness (QED) is 0.796. The summed E-state index contributed by atoms with van der Waals surface area (Å²) >= 11 is 6.00. The molecule has 0 bridgehead atoms. The Balaban J connectivity index is 1.60. The number of aromatic nitrogens is 1. The molecule has 28 heavy (non-hydrogen) atoms. The van der Waals surface area contributed by atoms with E-state index in [0.717, 1.165) is 18.7 Å². The zero-order valence-corrected chi connectivity index (χ0v) is 15.8. The summed E-state index contributed by atoms with van der Waals surface area (Å²) in [6, 6.07) is 0.340. The van der Waals surface area contributed by atoms with Crippen molar-refractivity contribution >= 4 is 29.4 Å². The minimum Gasteiger partial charge on any atom is -0.352 e. The number of rotatable bonds is 2. The minimum atomic E-state index is -4.50. The molecule has 0 aliphatic carbocycles. The molecule has 7 nitrogen and oxygen atoms in total. The van der Waals surface area contributed by atoms with Crippen LogP contribution in [0, 0.1) is 5.92 Å². The average molecular weight is 420 g/mol. The molecule has 0 aromatic carbocycles. The summed E-state index contributed by atoms with van der Waals surface area (Å²) in [7, 11) is 0. The van der Waals surface area contributed by atoms with Crippen molar-refractivity contribution in [1.29, 1.82) is 0 Å². The van der Waals surface area contributed by atoms with Crippen LogP contribution in [0.5, 0.6) is 0 Å². The Kier molecular flexibility index (Phi) is 5.87. The number of alkyl halides is 3. The normalized spacial score (nSPS) is 21.0. The van der Waals surface area contributed by atoms with Gasteiger partial charge in [-0.15, -0.1) is 0 Å². The van der Waals surface area contributed by atoms with Crippen molar-refractivity contribution in [3.8, 4) is 0 Å². The molecular formula is C17H21ClF3N5O2. The highest BCUT2D eigenvalue weighted by Crippen LogP contribution is 2.33. The van der Waals surface area contributed by atoms with Gasteiger partial charge in [-0.1, -0.05) is 11.6 Å². The smallest absolute Gasteiger partial charge is 0.352 e. The van der Waals surface area contributed by atoms with Crippen LogP contribution in [0.4, 0.5) is 23.8 Å². The number of piperidine rings is 1. The summed E-state index contributed by atoms with van der Waals surface area (Å²) in [5, 5.41) is -0.0704. The van der Waals surface area contributed by atoms with Crippen molar-refractivity contribution in [1.82, 2.24) is 14.8 Å². The average Bonchev–Trinajstić information content (AvgIpc) is 2.67. The number of hydrogen-bond acceptors (Lipinski definition) is 4. The second-order valence-corrected chi connectivity index (χ2v) is 7.37. The Morgan fingerprint density at radius 2 is 1.82 bits per heavy atom. The van der Waals surface area contributed by atoms with Gasteiger partial charge < -0.3 is 20.4 Å². The van der Waals surface area contributed by atoms with Crippen LogP contribution in [0.3, 0.4) is 0 Å². The molecule has 2 aliphatic rings. The van der Waals surface area contributed by atoms with Gasteiger partial charge in [0.2, 0.25) is 5.91 Å². The highest BCUT2D eigenvalue weighted by Gasteiger charge is 2.34. The fraction of sp³-hybridized carbons (Fsp3) is 0.588. The first-order valence-corrected chi connectivity index (χ1v) is 9.35. The zero-order chi connectivity index (χ0) is 20.5. The van der Waals surface area contributed by atoms with Gasteiger partial charge in [0.15, 0.2) is 0 Å². The van der Waals surface area contributed by atoms with Crippen LogP contribution in [-0.4, -0.2) is 66.0 Å². The summed E-state index contributed by atoms with van der Waals surface area (Å²) in [6.07, 6.45) is -2.31. The molecule has 0 saturated carbocycles. The van der Waals surface area contributed by atoms with Crippen molar-refractivity contribution in [2.75, 3.05) is 44.2 Å². The van der Waals surface area contributed by atoms with E-state index in [0.29, 0.717) is 45.7 Å². The van der Waals surface area contributed by atoms with Crippen LogP contribution in [0.1, 0.15) is 18.4 Å². The molecule has 154 valence electrons. The van der Waals surface area contributed by atoms with Crippen LogP contribution >= 0.6 is 11.6 Å². The van der Waals surface area contributed by atoms with Crippen LogP contribution in [0.25, 0.3) is 0 Å². The first-order chi connectivity index (χ1) is 13.2. The largest absolute Gasteiger partial charge is 0.417 e. The molecule has 1 atom stereocenters. The number of nitrogens with zero attached hydrogens (tertiary/aromatic N) is 4. The highest BCUT2D eigenvalue weighted by atomic mass is 35.5. The number of halogens is 4. The third kappa shape index (κ3) is 4.43. The maximum absolute atomic E-state index is 12.7. The summed E-state index contributed by atoms with van der Waals surface area (Å²) < 4.78 is 38.2. The van der Waals surface area contributed by atoms with Gasteiger partial charge in [0.1, 0.15) is 5.82 Å². The molecule has 11 heteroatoms. The summed E-state index contributed by atoms with van der Waals surface area (Å²) in [4.78, 5) is 32.9. The number of amides is 3. The molecule has 2 N–H and O–H groups in total. The van der Waals surface area contributed by atoms with Crippen LogP contribution in [0.15, 0.2) is 12.3 Å². The first-order valence-electron chi connectivity index (χ1n) is 8.97. The predicted octanol–water partition coefficient (Wildman–Crippen LogP) is 2.19. The number of likely N-dealkylation sites (tertiary alicyclic amines) is 1. The van der Waals surface area contributed by atoms with E-state index in [-0.39, 0.29) is 22.7 Å². The number of nitrogens with two attached hydrogens (primary N) is 1. The van der Waals surface area contributed by atoms with Gasteiger partial charge in [-0.3, -0.25) is 4.79 Å². The van der Waals surface area contributed by atoms with Crippen molar-refractivity contribution in [3.63, 3.8) is 0 Å². The second-order valence-electron chi connectivity index (χ2n) is 6.96. The lowest BCUT2D eigenvalue weighted by Crippen LogP contribution is -2.53. The van der Waals surface area contributed by atoms with Crippen LogP contribution in [0.2, 0.25) is 5.02 Å². The number of carbonyl (C=O) groups excluding carboxylic acids is 2.